The molecule has 0 N–H and O–H groups in total. The van der Waals surface area contributed by atoms with Crippen LogP contribution in [0.15, 0.2) is 0 Å². The van der Waals surface area contributed by atoms with E-state index in [4.69, 9.17) is 9.47 Å². The van der Waals surface area contributed by atoms with Crippen LogP contribution in [0.3, 0.4) is 0 Å². The second kappa shape index (κ2) is 4.85. The highest BCUT2D eigenvalue weighted by molar-refractivity contribution is 6.01. The van der Waals surface area contributed by atoms with Gasteiger partial charge in [-0.1, -0.05) is 0 Å². The number of carbonyl (C=O) groups is 2. The van der Waals surface area contributed by atoms with E-state index < -0.39 is 17.4 Å². The fourth-order valence-corrected chi connectivity index (χ4v) is 1.68. The van der Waals surface area contributed by atoms with E-state index in [1.165, 1.54) is 0 Å². The van der Waals surface area contributed by atoms with E-state index in [0.717, 1.165) is 6.42 Å². The van der Waals surface area contributed by atoms with E-state index in [0.29, 0.717) is 12.8 Å². The number of hydrogen-bond acceptors (Lipinski definition) is 4. The molecule has 92 valence electrons. The smallest absolute Gasteiger partial charge is 0.323 e. The Hall–Kier alpha value is -1.06. The van der Waals surface area contributed by atoms with Crippen molar-refractivity contribution < 1.29 is 19.1 Å². The third-order valence-corrected chi connectivity index (χ3v) is 2.67. The number of esters is 2. The normalized spacial score (nSPS) is 18.1. The highest BCUT2D eigenvalue weighted by Gasteiger charge is 2.54. The summed E-state index contributed by atoms with van der Waals surface area (Å²) in [5, 5.41) is 0. The van der Waals surface area contributed by atoms with Crippen molar-refractivity contribution in [1.29, 1.82) is 0 Å². The van der Waals surface area contributed by atoms with Crippen LogP contribution in [0, 0.1) is 5.41 Å². The van der Waals surface area contributed by atoms with Crippen LogP contribution in [0.2, 0.25) is 0 Å². The fraction of sp³-hybridized carbons (Fsp3) is 0.833. The van der Waals surface area contributed by atoms with Crippen LogP contribution in [-0.2, 0) is 19.1 Å². The first-order valence-electron chi connectivity index (χ1n) is 5.80. The molecule has 0 aromatic carbocycles. The molecule has 0 saturated heterocycles. The maximum Gasteiger partial charge on any atom is 0.323 e. The van der Waals surface area contributed by atoms with Gasteiger partial charge in [0.15, 0.2) is 5.41 Å². The van der Waals surface area contributed by atoms with Gasteiger partial charge >= 0.3 is 11.9 Å². The zero-order chi connectivity index (χ0) is 12.3. The van der Waals surface area contributed by atoms with Crippen molar-refractivity contribution in [3.8, 4) is 0 Å². The summed E-state index contributed by atoms with van der Waals surface area (Å²) in [7, 11) is 0. The van der Waals surface area contributed by atoms with Gasteiger partial charge in [-0.3, -0.25) is 9.59 Å². The van der Waals surface area contributed by atoms with Crippen LogP contribution < -0.4 is 0 Å². The fourth-order valence-electron chi connectivity index (χ4n) is 1.68. The van der Waals surface area contributed by atoms with E-state index in [-0.39, 0.29) is 12.2 Å². The van der Waals surface area contributed by atoms with Crippen molar-refractivity contribution in [3.05, 3.63) is 0 Å². The Morgan fingerprint density at radius 2 is 1.31 bits per heavy atom. The van der Waals surface area contributed by atoms with Crippen molar-refractivity contribution in [2.45, 2.75) is 59.2 Å². The molecule has 1 fully saturated rings. The van der Waals surface area contributed by atoms with E-state index in [1.807, 2.05) is 0 Å². The molecule has 0 aromatic heterocycles. The quantitative estimate of drug-likeness (QED) is 0.546. The number of ether oxygens (including phenoxy) is 2. The lowest BCUT2D eigenvalue weighted by Crippen LogP contribution is -2.48. The Kier molecular flexibility index (Phi) is 3.94. The lowest BCUT2D eigenvalue weighted by atomic mass is 9.68. The monoisotopic (exact) mass is 228 g/mol. The first-order chi connectivity index (χ1) is 7.38. The van der Waals surface area contributed by atoms with Crippen molar-refractivity contribution in [1.82, 2.24) is 0 Å². The van der Waals surface area contributed by atoms with Crippen LogP contribution in [0.1, 0.15) is 47.0 Å². The summed E-state index contributed by atoms with van der Waals surface area (Å²) < 4.78 is 10.2. The van der Waals surface area contributed by atoms with Crippen LogP contribution in [-0.4, -0.2) is 24.1 Å². The van der Waals surface area contributed by atoms with Crippen molar-refractivity contribution >= 4 is 11.9 Å². The molecular weight excluding hydrogens is 208 g/mol. The molecule has 4 heteroatoms. The van der Waals surface area contributed by atoms with Gasteiger partial charge in [0.2, 0.25) is 0 Å². The maximum atomic E-state index is 11.9. The average Bonchev–Trinajstić information content (AvgIpc) is 1.97. The van der Waals surface area contributed by atoms with Gasteiger partial charge in [0, 0.05) is 0 Å². The first-order valence-corrected chi connectivity index (χ1v) is 5.80. The summed E-state index contributed by atoms with van der Waals surface area (Å²) in [5.41, 5.74) is -1.02. The molecular formula is C12H20O4. The van der Waals surface area contributed by atoms with E-state index >= 15 is 0 Å². The molecule has 4 nitrogen and oxygen atoms in total. The zero-order valence-corrected chi connectivity index (χ0v) is 10.4. The Morgan fingerprint density at radius 3 is 1.50 bits per heavy atom. The molecule has 1 aliphatic rings. The lowest BCUT2D eigenvalue weighted by Gasteiger charge is -2.37. The van der Waals surface area contributed by atoms with Crippen LogP contribution >= 0.6 is 0 Å². The van der Waals surface area contributed by atoms with Crippen LogP contribution in [0.5, 0.6) is 0 Å². The highest BCUT2D eigenvalue weighted by Crippen LogP contribution is 2.43. The molecule has 0 radical (unpaired) electrons. The second-order valence-electron chi connectivity index (χ2n) is 4.84. The molecule has 0 amide bonds. The van der Waals surface area contributed by atoms with Gasteiger partial charge in [-0.05, 0) is 47.0 Å². The summed E-state index contributed by atoms with van der Waals surface area (Å²) >= 11 is 0. The molecule has 1 rings (SSSR count). The topological polar surface area (TPSA) is 52.6 Å². The van der Waals surface area contributed by atoms with Gasteiger partial charge < -0.3 is 9.47 Å². The Balaban J connectivity index is 2.70. The maximum absolute atomic E-state index is 11.9. The van der Waals surface area contributed by atoms with Crippen molar-refractivity contribution in [2.75, 3.05) is 0 Å². The largest absolute Gasteiger partial charge is 0.462 e. The molecule has 16 heavy (non-hydrogen) atoms. The number of hydrogen-bond donors (Lipinski definition) is 0. The molecule has 0 aliphatic heterocycles. The van der Waals surface area contributed by atoms with Gasteiger partial charge in [0.05, 0.1) is 12.2 Å². The minimum Gasteiger partial charge on any atom is -0.462 e. The molecule has 0 aromatic rings. The summed E-state index contributed by atoms with van der Waals surface area (Å²) in [4.78, 5) is 23.7. The van der Waals surface area contributed by atoms with Gasteiger partial charge in [-0.2, -0.15) is 0 Å². The van der Waals surface area contributed by atoms with E-state index in [9.17, 15) is 9.59 Å². The molecule has 0 spiro atoms. The Bertz CT molecular complexity index is 253. The molecule has 0 atom stereocenters. The second-order valence-corrected chi connectivity index (χ2v) is 4.84. The molecule has 0 unspecified atom stereocenters. The van der Waals surface area contributed by atoms with Gasteiger partial charge in [-0.25, -0.2) is 0 Å². The predicted octanol–water partition coefficient (Wildman–Crippen LogP) is 2.06. The summed E-state index contributed by atoms with van der Waals surface area (Å²) in [6, 6.07) is 0. The van der Waals surface area contributed by atoms with E-state index in [2.05, 4.69) is 0 Å². The Morgan fingerprint density at radius 1 is 0.938 bits per heavy atom. The first kappa shape index (κ1) is 13.0. The van der Waals surface area contributed by atoms with Gasteiger partial charge in [0.25, 0.3) is 0 Å². The predicted molar refractivity (Wildman–Crippen MR) is 58.7 cm³/mol. The molecule has 0 bridgehead atoms. The summed E-state index contributed by atoms with van der Waals surface area (Å²) in [5.74, 6) is -0.862. The Labute approximate surface area is 96.3 Å². The average molecular weight is 228 g/mol. The molecule has 0 heterocycles. The lowest BCUT2D eigenvalue weighted by molar-refractivity contribution is -0.184. The molecule has 1 aliphatic carbocycles. The highest BCUT2D eigenvalue weighted by atomic mass is 16.6. The number of rotatable bonds is 4. The summed E-state index contributed by atoms with van der Waals surface area (Å²) in [6.07, 6.45) is 1.57. The minimum absolute atomic E-state index is 0.197. The van der Waals surface area contributed by atoms with Crippen molar-refractivity contribution in [2.24, 2.45) is 5.41 Å². The van der Waals surface area contributed by atoms with Crippen molar-refractivity contribution in [3.63, 3.8) is 0 Å². The minimum atomic E-state index is -1.02. The zero-order valence-electron chi connectivity index (χ0n) is 10.4. The molecule has 1 saturated carbocycles. The van der Waals surface area contributed by atoms with Gasteiger partial charge in [-0.15, -0.1) is 0 Å². The number of carbonyl (C=O) groups excluding carboxylic acids is 2. The summed E-state index contributed by atoms with van der Waals surface area (Å²) in [6.45, 7) is 7.10. The van der Waals surface area contributed by atoms with Crippen LogP contribution in [0.4, 0.5) is 0 Å². The van der Waals surface area contributed by atoms with Gasteiger partial charge in [0.1, 0.15) is 0 Å². The van der Waals surface area contributed by atoms with Crippen LogP contribution in [0.25, 0.3) is 0 Å². The van der Waals surface area contributed by atoms with E-state index in [1.54, 1.807) is 27.7 Å². The third-order valence-electron chi connectivity index (χ3n) is 2.67. The third kappa shape index (κ3) is 2.54. The standard InChI is InChI=1S/C12H20O4/c1-8(2)15-10(13)12(6-5-7-12)11(14)16-9(3)4/h8-9H,5-7H2,1-4H3. The SMILES string of the molecule is CC(C)OC(=O)C1(C(=O)OC(C)C)CCC1.